The maximum Gasteiger partial charge on any atom is 0.328 e. The molecule has 12 heteroatoms. The van der Waals surface area contributed by atoms with Crippen molar-refractivity contribution >= 4 is 29.7 Å². The van der Waals surface area contributed by atoms with Crippen molar-refractivity contribution in [3.8, 4) is 0 Å². The second kappa shape index (κ2) is 18.5. The molecule has 3 fully saturated rings. The number of nitrogens with one attached hydrogen (secondary N) is 1. The summed E-state index contributed by atoms with van der Waals surface area (Å²) in [5, 5.41) is 21.4. The number of piperazine rings is 1. The lowest BCUT2D eigenvalue weighted by molar-refractivity contribution is -0.160. The van der Waals surface area contributed by atoms with Gasteiger partial charge in [-0.05, 0) is 83.3 Å². The van der Waals surface area contributed by atoms with Gasteiger partial charge in [-0.2, -0.15) is 0 Å². The van der Waals surface area contributed by atoms with Crippen molar-refractivity contribution in [3.05, 3.63) is 84.1 Å². The number of carboxylic acids is 2. The Morgan fingerprint density at radius 3 is 2.08 bits per heavy atom. The number of carboxylic acid groups (broad SMARTS) is 2. The van der Waals surface area contributed by atoms with Gasteiger partial charge in [0, 0.05) is 18.8 Å². The van der Waals surface area contributed by atoms with Gasteiger partial charge < -0.3 is 29.6 Å². The second-order valence-corrected chi connectivity index (χ2v) is 13.4. The first kappa shape index (κ1) is 39.1. The monoisotopic (exact) mass is 704 g/mol. The lowest BCUT2D eigenvalue weighted by Crippen LogP contribution is -2.62. The lowest BCUT2D eigenvalue weighted by Gasteiger charge is -2.46. The van der Waals surface area contributed by atoms with E-state index in [9.17, 15) is 34.2 Å². The van der Waals surface area contributed by atoms with Crippen LogP contribution in [0, 0.1) is 0 Å². The molecular formula is C39H52N4O8. The molecule has 3 N–H and O–H groups in total. The van der Waals surface area contributed by atoms with E-state index in [2.05, 4.69) is 16.8 Å². The van der Waals surface area contributed by atoms with E-state index in [-0.39, 0.29) is 29.9 Å². The minimum Gasteiger partial charge on any atom is -0.480 e. The number of esters is 1. The molecule has 3 saturated heterocycles. The Hall–Kier alpha value is -4.71. The summed E-state index contributed by atoms with van der Waals surface area (Å²) in [6.45, 7) is 11.1. The normalized spacial score (nSPS) is 21.6. The smallest absolute Gasteiger partial charge is 0.328 e. The molecule has 12 nitrogen and oxygen atoms in total. The Morgan fingerprint density at radius 2 is 1.51 bits per heavy atom. The number of likely N-dealkylation sites (tertiary alicyclic amines) is 1. The van der Waals surface area contributed by atoms with Crippen LogP contribution in [-0.4, -0.2) is 111 Å². The van der Waals surface area contributed by atoms with E-state index in [4.69, 9.17) is 4.74 Å². The van der Waals surface area contributed by atoms with Crippen LogP contribution < -0.4 is 5.32 Å². The summed E-state index contributed by atoms with van der Waals surface area (Å²) in [5.74, 6) is -2.68. The molecule has 6 atom stereocenters. The van der Waals surface area contributed by atoms with Crippen molar-refractivity contribution < 1.29 is 38.9 Å². The average molecular weight is 705 g/mol. The first-order chi connectivity index (χ1) is 24.4. The molecule has 51 heavy (non-hydrogen) atoms. The largest absolute Gasteiger partial charge is 0.480 e. The lowest BCUT2D eigenvalue weighted by atomic mass is 9.97. The van der Waals surface area contributed by atoms with Crippen molar-refractivity contribution in [1.29, 1.82) is 0 Å². The van der Waals surface area contributed by atoms with E-state index >= 15 is 0 Å². The minimum atomic E-state index is -1.02. The van der Waals surface area contributed by atoms with Gasteiger partial charge in [-0.15, -0.1) is 0 Å². The van der Waals surface area contributed by atoms with E-state index < -0.39 is 36.1 Å². The number of nitrogens with zero attached hydrogens (tertiary/aromatic N) is 3. The average Bonchev–Trinajstić information content (AvgIpc) is 3.83. The summed E-state index contributed by atoms with van der Waals surface area (Å²) >= 11 is 0. The summed E-state index contributed by atoms with van der Waals surface area (Å²) in [5.41, 5.74) is 3.11. The van der Waals surface area contributed by atoms with Crippen molar-refractivity contribution in [2.45, 2.75) is 108 Å². The van der Waals surface area contributed by atoms with Crippen LogP contribution in [0.3, 0.4) is 0 Å². The fourth-order valence-corrected chi connectivity index (χ4v) is 7.25. The molecule has 3 aliphatic rings. The summed E-state index contributed by atoms with van der Waals surface area (Å²) in [4.78, 5) is 66.2. The number of aryl methyl sites for hydroxylation is 2. The van der Waals surface area contributed by atoms with Gasteiger partial charge in [-0.3, -0.25) is 19.7 Å². The number of fused-ring (bicyclic) bond motifs is 1. The molecule has 0 aliphatic carbocycles. The second-order valence-electron chi connectivity index (χ2n) is 13.4. The predicted octanol–water partition coefficient (Wildman–Crippen LogP) is 3.89. The van der Waals surface area contributed by atoms with Gasteiger partial charge in [-0.1, -0.05) is 67.2 Å². The SMILES string of the molecule is C=C1[C@H](C)N([C@@H](CCc2ccccc2)C(=O)OCC)C(=O)C2CCCN12.C[C@H](N[C@H](CCc1ccccc1)C(=O)O)C(=O)N1CCC[C@H]1C(=O)O. The molecular weight excluding hydrogens is 652 g/mol. The maximum atomic E-state index is 13.2. The number of amides is 2. The highest BCUT2D eigenvalue weighted by Gasteiger charge is 2.47. The van der Waals surface area contributed by atoms with Gasteiger partial charge in [0.05, 0.1) is 18.7 Å². The third-order valence-corrected chi connectivity index (χ3v) is 10.0. The Labute approximate surface area is 300 Å². The van der Waals surface area contributed by atoms with E-state index in [1.165, 1.54) is 4.90 Å². The van der Waals surface area contributed by atoms with Crippen molar-refractivity contribution in [1.82, 2.24) is 20.0 Å². The zero-order chi connectivity index (χ0) is 37.1. The first-order valence-electron chi connectivity index (χ1n) is 18.0. The van der Waals surface area contributed by atoms with Gasteiger partial charge in [0.25, 0.3) is 0 Å². The van der Waals surface area contributed by atoms with E-state index in [0.29, 0.717) is 45.3 Å². The van der Waals surface area contributed by atoms with Crippen LogP contribution in [0.15, 0.2) is 72.9 Å². The number of hydrogen-bond donors (Lipinski definition) is 3. The highest BCUT2D eigenvalue weighted by Crippen LogP contribution is 2.34. The van der Waals surface area contributed by atoms with Crippen LogP contribution >= 0.6 is 0 Å². The van der Waals surface area contributed by atoms with E-state index in [1.807, 2.05) is 67.6 Å². The molecule has 0 saturated carbocycles. The van der Waals surface area contributed by atoms with Gasteiger partial charge in [-0.25, -0.2) is 9.59 Å². The molecule has 3 aliphatic heterocycles. The number of benzene rings is 2. The third kappa shape index (κ3) is 9.96. The molecule has 2 amide bonds. The van der Waals surface area contributed by atoms with Crippen molar-refractivity contribution in [2.24, 2.45) is 0 Å². The molecule has 0 aromatic heterocycles. The topological polar surface area (TPSA) is 157 Å². The number of ether oxygens (including phenoxy) is 1. The number of hydrogen-bond acceptors (Lipinski definition) is 8. The summed E-state index contributed by atoms with van der Waals surface area (Å²) in [6.07, 6.45) is 5.10. The fourth-order valence-electron chi connectivity index (χ4n) is 7.25. The van der Waals surface area contributed by atoms with Crippen LogP contribution in [0.25, 0.3) is 0 Å². The zero-order valence-electron chi connectivity index (χ0n) is 29.9. The fraction of sp³-hybridized carbons (Fsp3) is 0.513. The quantitative estimate of drug-likeness (QED) is 0.247. The number of carbonyl (C=O) groups excluding carboxylic acids is 3. The number of rotatable bonds is 14. The Balaban J connectivity index is 0.000000229. The molecule has 276 valence electrons. The standard InChI is InChI=1S/C21H28N2O3.C18H24N2O5/c1-4-26-21(25)19(13-12-17-9-6-5-7-10-17)23-16(3)15(2)22-14-8-11-18(22)20(23)24;1-12(16(21)20-11-5-8-15(20)18(24)25)19-14(17(22)23)10-9-13-6-3-2-4-7-13/h5-7,9-10,16,18-19H,2,4,8,11-14H2,1,3H3;2-4,6-7,12,14-15,19H,5,8-11H2,1H3,(H,22,23)(H,24,25)/t16-,18?,19-;12-,14+,15-/m00/s1. The van der Waals surface area contributed by atoms with Crippen LogP contribution in [0.1, 0.15) is 70.4 Å². The summed E-state index contributed by atoms with van der Waals surface area (Å²) < 4.78 is 5.31. The molecule has 5 rings (SSSR count). The Morgan fingerprint density at radius 1 is 0.922 bits per heavy atom. The van der Waals surface area contributed by atoms with E-state index in [1.54, 1.807) is 18.7 Å². The molecule has 2 aromatic carbocycles. The van der Waals surface area contributed by atoms with Crippen molar-refractivity contribution in [3.63, 3.8) is 0 Å². The van der Waals surface area contributed by atoms with Crippen molar-refractivity contribution in [2.75, 3.05) is 19.7 Å². The number of carbonyl (C=O) groups is 5. The van der Waals surface area contributed by atoms with Gasteiger partial charge in [0.15, 0.2) is 0 Å². The molecule has 0 bridgehead atoms. The highest BCUT2D eigenvalue weighted by molar-refractivity contribution is 5.90. The molecule has 2 aromatic rings. The zero-order valence-corrected chi connectivity index (χ0v) is 29.9. The Bertz CT molecular complexity index is 1520. The van der Waals surface area contributed by atoms with Crippen LogP contribution in [0.5, 0.6) is 0 Å². The molecule has 0 radical (unpaired) electrons. The maximum absolute atomic E-state index is 13.2. The van der Waals surface area contributed by atoms with Crippen LogP contribution in [0.4, 0.5) is 0 Å². The van der Waals surface area contributed by atoms with Gasteiger partial charge >= 0.3 is 17.9 Å². The molecule has 0 spiro atoms. The highest BCUT2D eigenvalue weighted by atomic mass is 16.5. The molecule has 1 unspecified atom stereocenters. The predicted molar refractivity (Wildman–Crippen MR) is 192 cm³/mol. The van der Waals surface area contributed by atoms with E-state index in [0.717, 1.165) is 42.6 Å². The molecule has 3 heterocycles. The van der Waals surface area contributed by atoms with Gasteiger partial charge in [0.2, 0.25) is 11.8 Å². The van der Waals surface area contributed by atoms with Crippen LogP contribution in [0.2, 0.25) is 0 Å². The number of aliphatic carboxylic acids is 2. The minimum absolute atomic E-state index is 0.0357. The first-order valence-corrected chi connectivity index (χ1v) is 18.0. The summed E-state index contributed by atoms with van der Waals surface area (Å²) in [6, 6.07) is 16.2. The van der Waals surface area contributed by atoms with Crippen LogP contribution in [-0.2, 0) is 41.6 Å². The van der Waals surface area contributed by atoms with Gasteiger partial charge in [0.1, 0.15) is 24.2 Å². The Kier molecular flexibility index (Phi) is 14.2. The summed E-state index contributed by atoms with van der Waals surface area (Å²) in [7, 11) is 0. The third-order valence-electron chi connectivity index (χ3n) is 10.0.